The number of likely N-dealkylation sites (N-methyl/N-ethyl adjacent to an activating group) is 1. The van der Waals surface area contributed by atoms with Gasteiger partial charge in [0.25, 0.3) is 5.91 Å². The van der Waals surface area contributed by atoms with Gasteiger partial charge in [-0.15, -0.1) is 11.3 Å². The van der Waals surface area contributed by atoms with Gasteiger partial charge in [-0.3, -0.25) is 4.79 Å². The molecule has 0 aromatic carbocycles. The van der Waals surface area contributed by atoms with Crippen molar-refractivity contribution < 1.29 is 4.79 Å². The third kappa shape index (κ3) is 5.43. The molecule has 0 unspecified atom stereocenters. The molecule has 0 aliphatic carbocycles. The molecule has 3 N–H and O–H groups in total. The minimum Gasteiger partial charge on any atom is -0.351 e. The number of carbonyl (C=O) groups excluding carboxylic acids is 1. The molecule has 0 radical (unpaired) electrons. The first-order chi connectivity index (χ1) is 9.21. The molecular weight excluding hydrogens is 258 g/mol. The van der Waals surface area contributed by atoms with E-state index in [1.54, 1.807) is 6.07 Å². The van der Waals surface area contributed by atoms with Gasteiger partial charge in [0.2, 0.25) is 0 Å². The molecule has 1 heterocycles. The fourth-order valence-electron chi connectivity index (χ4n) is 1.63. The minimum absolute atomic E-state index is 0.0378. The number of amides is 1. The van der Waals surface area contributed by atoms with Gasteiger partial charge in [-0.2, -0.15) is 0 Å². The Labute approximate surface area is 119 Å². The second-order valence-corrected chi connectivity index (χ2v) is 4.90. The molecule has 1 aromatic rings. The third-order valence-corrected chi connectivity index (χ3v) is 3.63. The van der Waals surface area contributed by atoms with Crippen molar-refractivity contribution in [1.29, 1.82) is 0 Å². The monoisotopic (exact) mass is 279 g/mol. The van der Waals surface area contributed by atoms with Crippen LogP contribution in [0.2, 0.25) is 0 Å². The number of nitrogens with two attached hydrogens (primary N) is 1. The van der Waals surface area contributed by atoms with Gasteiger partial charge in [-0.05, 0) is 19.2 Å². The zero-order valence-corrected chi connectivity index (χ0v) is 12.3. The molecule has 19 heavy (non-hydrogen) atoms. The number of hydrogen-bond acceptors (Lipinski definition) is 4. The van der Waals surface area contributed by atoms with Crippen molar-refractivity contribution in [3.63, 3.8) is 0 Å². The van der Waals surface area contributed by atoms with Crippen LogP contribution in [0.3, 0.4) is 0 Å². The maximum atomic E-state index is 11.9. The highest BCUT2D eigenvalue weighted by molar-refractivity contribution is 7.10. The van der Waals surface area contributed by atoms with Gasteiger partial charge in [0.15, 0.2) is 0 Å². The first kappa shape index (κ1) is 15.7. The highest BCUT2D eigenvalue weighted by atomic mass is 32.1. The number of carbonyl (C=O) groups is 1. The van der Waals surface area contributed by atoms with Crippen molar-refractivity contribution in [2.24, 2.45) is 5.73 Å². The van der Waals surface area contributed by atoms with Crippen LogP contribution in [0.4, 0.5) is 0 Å². The van der Waals surface area contributed by atoms with Crippen LogP contribution in [-0.2, 0) is 0 Å². The smallest absolute Gasteiger partial charge is 0.252 e. The molecule has 1 aromatic heterocycles. The number of hydrogen-bond donors (Lipinski definition) is 2. The quantitative estimate of drug-likeness (QED) is 0.768. The lowest BCUT2D eigenvalue weighted by molar-refractivity contribution is 0.0949. The number of rotatable bonds is 6. The Morgan fingerprint density at radius 1 is 1.47 bits per heavy atom. The summed E-state index contributed by atoms with van der Waals surface area (Å²) in [7, 11) is 0. The van der Waals surface area contributed by atoms with E-state index in [1.165, 1.54) is 11.3 Å². The summed E-state index contributed by atoms with van der Waals surface area (Å²) in [5.41, 5.74) is 5.98. The third-order valence-electron chi connectivity index (χ3n) is 2.78. The molecule has 104 valence electrons. The summed E-state index contributed by atoms with van der Waals surface area (Å²) < 4.78 is 0. The summed E-state index contributed by atoms with van der Waals surface area (Å²) in [6, 6.07) is 1.81. The largest absolute Gasteiger partial charge is 0.351 e. The van der Waals surface area contributed by atoms with Crippen LogP contribution in [0.5, 0.6) is 0 Å². The highest BCUT2D eigenvalue weighted by Gasteiger charge is 2.07. The lowest BCUT2D eigenvalue weighted by atomic mass is 10.3. The summed E-state index contributed by atoms with van der Waals surface area (Å²) in [5.74, 6) is 5.67. The zero-order chi connectivity index (χ0) is 14.1. The Morgan fingerprint density at radius 3 is 2.84 bits per heavy atom. The fourth-order valence-corrected chi connectivity index (χ4v) is 2.38. The number of nitrogens with one attached hydrogen (secondary N) is 1. The lowest BCUT2D eigenvalue weighted by Gasteiger charge is -2.17. The van der Waals surface area contributed by atoms with Gasteiger partial charge in [0, 0.05) is 18.5 Å². The Bertz CT molecular complexity index is 455. The van der Waals surface area contributed by atoms with Crippen LogP contribution >= 0.6 is 11.3 Å². The molecule has 0 aliphatic rings. The summed E-state index contributed by atoms with van der Waals surface area (Å²) in [6.07, 6.45) is 0. The maximum Gasteiger partial charge on any atom is 0.252 e. The first-order valence-electron chi connectivity index (χ1n) is 6.49. The van der Waals surface area contributed by atoms with Gasteiger partial charge in [-0.1, -0.05) is 25.7 Å². The lowest BCUT2D eigenvalue weighted by Crippen LogP contribution is -2.34. The van der Waals surface area contributed by atoms with Crippen LogP contribution in [0.1, 0.15) is 29.1 Å². The number of thiophene rings is 1. The summed E-state index contributed by atoms with van der Waals surface area (Å²) >= 11 is 1.47. The molecule has 0 saturated heterocycles. The van der Waals surface area contributed by atoms with Gasteiger partial charge < -0.3 is 16.0 Å². The molecular formula is C14H21N3OS. The molecule has 0 aliphatic heterocycles. The second-order valence-electron chi connectivity index (χ2n) is 3.99. The average Bonchev–Trinajstić information content (AvgIpc) is 2.90. The van der Waals surface area contributed by atoms with E-state index < -0.39 is 0 Å². The van der Waals surface area contributed by atoms with Crippen LogP contribution in [0.25, 0.3) is 0 Å². The van der Waals surface area contributed by atoms with E-state index >= 15 is 0 Å². The zero-order valence-electron chi connectivity index (χ0n) is 11.5. The van der Waals surface area contributed by atoms with Crippen LogP contribution in [-0.4, -0.2) is 43.5 Å². The normalized spacial score (nSPS) is 10.1. The molecule has 5 heteroatoms. The van der Waals surface area contributed by atoms with E-state index in [0.29, 0.717) is 18.7 Å². The fraction of sp³-hybridized carbons (Fsp3) is 0.500. The van der Waals surface area contributed by atoms with E-state index in [2.05, 4.69) is 35.9 Å². The van der Waals surface area contributed by atoms with E-state index in [-0.39, 0.29) is 5.91 Å². The van der Waals surface area contributed by atoms with Crippen molar-refractivity contribution in [2.45, 2.75) is 13.8 Å². The van der Waals surface area contributed by atoms with Gasteiger partial charge in [0.05, 0.1) is 17.0 Å². The van der Waals surface area contributed by atoms with Gasteiger partial charge in [-0.25, -0.2) is 0 Å². The molecule has 0 bridgehead atoms. The Morgan fingerprint density at radius 2 is 2.21 bits per heavy atom. The van der Waals surface area contributed by atoms with E-state index in [4.69, 9.17) is 5.73 Å². The molecule has 0 spiro atoms. The molecule has 0 saturated carbocycles. The van der Waals surface area contributed by atoms with Crippen molar-refractivity contribution in [1.82, 2.24) is 10.2 Å². The average molecular weight is 279 g/mol. The Hall–Kier alpha value is -1.35. The summed E-state index contributed by atoms with van der Waals surface area (Å²) in [6.45, 7) is 8.12. The topological polar surface area (TPSA) is 58.4 Å². The SMILES string of the molecule is CCN(CC)CCNC(=O)c1csc(C#CCN)c1. The summed E-state index contributed by atoms with van der Waals surface area (Å²) in [5, 5.41) is 4.75. The van der Waals surface area contributed by atoms with Gasteiger partial charge in [0.1, 0.15) is 0 Å². The van der Waals surface area contributed by atoms with Crippen LogP contribution < -0.4 is 11.1 Å². The van der Waals surface area contributed by atoms with Crippen LogP contribution in [0, 0.1) is 11.8 Å². The Kier molecular flexibility index (Phi) is 7.19. The van der Waals surface area contributed by atoms with Crippen molar-refractivity contribution in [3.05, 3.63) is 21.9 Å². The molecule has 1 amide bonds. The number of nitrogens with zero attached hydrogens (tertiary/aromatic N) is 1. The van der Waals surface area contributed by atoms with Crippen molar-refractivity contribution >= 4 is 17.2 Å². The standard InChI is InChI=1S/C14H21N3OS/c1-3-17(4-2)9-8-16-14(18)12-10-13(19-11-12)6-5-7-15/h10-11H,3-4,7-9,15H2,1-2H3,(H,16,18). The molecule has 0 atom stereocenters. The maximum absolute atomic E-state index is 11.9. The van der Waals surface area contributed by atoms with Gasteiger partial charge >= 0.3 is 0 Å². The van der Waals surface area contributed by atoms with Crippen LogP contribution in [0.15, 0.2) is 11.4 Å². The van der Waals surface area contributed by atoms with E-state index in [1.807, 2.05) is 5.38 Å². The molecule has 1 rings (SSSR count). The predicted octanol–water partition coefficient (Wildman–Crippen LogP) is 1.13. The van der Waals surface area contributed by atoms with E-state index in [0.717, 1.165) is 24.5 Å². The summed E-state index contributed by atoms with van der Waals surface area (Å²) in [4.78, 5) is 15.0. The van der Waals surface area contributed by atoms with Crippen molar-refractivity contribution in [2.75, 3.05) is 32.7 Å². The van der Waals surface area contributed by atoms with E-state index in [9.17, 15) is 4.79 Å². The predicted molar refractivity (Wildman–Crippen MR) is 80.4 cm³/mol. The van der Waals surface area contributed by atoms with Crippen molar-refractivity contribution in [3.8, 4) is 11.8 Å². The molecule has 0 fully saturated rings. The first-order valence-corrected chi connectivity index (χ1v) is 7.37. The second kappa shape index (κ2) is 8.70. The highest BCUT2D eigenvalue weighted by Crippen LogP contribution is 2.13. The Balaban J connectivity index is 2.43. The minimum atomic E-state index is -0.0378. The molecule has 4 nitrogen and oxygen atoms in total.